The van der Waals surface area contributed by atoms with Gasteiger partial charge in [0.1, 0.15) is 11.2 Å². The maximum Gasteiger partial charge on any atom is 0.306 e. The van der Waals surface area contributed by atoms with Gasteiger partial charge in [0.25, 0.3) is 0 Å². The van der Waals surface area contributed by atoms with Crippen LogP contribution >= 0.6 is 0 Å². The maximum atomic E-state index is 11.4. The molecule has 0 aromatic heterocycles. The Hall–Kier alpha value is -1.19. The van der Waals surface area contributed by atoms with Gasteiger partial charge in [-0.2, -0.15) is 0 Å². The van der Waals surface area contributed by atoms with Crippen LogP contribution in [0.4, 0.5) is 0 Å². The second kappa shape index (κ2) is 14.9. The summed E-state index contributed by atoms with van der Waals surface area (Å²) < 4.78 is 34.0. The van der Waals surface area contributed by atoms with Crippen LogP contribution in [0.5, 0.6) is 0 Å². The molecule has 1 N–H and O–H groups in total. The zero-order valence-corrected chi connectivity index (χ0v) is 20.4. The van der Waals surface area contributed by atoms with Gasteiger partial charge in [0.2, 0.25) is 10.0 Å². The average Bonchev–Trinajstić information content (AvgIpc) is 2.38. The number of esters is 2. The molecule has 2 fully saturated rings. The highest BCUT2D eigenvalue weighted by molar-refractivity contribution is 7.88. The first-order chi connectivity index (χ1) is 13.5. The minimum Gasteiger partial charge on any atom is -0.460 e. The number of ether oxygens (including phenoxy) is 2. The molecule has 9 heteroatoms. The number of carbonyl (C=O) groups excluding carboxylic acids is 2. The van der Waals surface area contributed by atoms with Gasteiger partial charge in [-0.1, -0.05) is 22.3 Å². The normalized spacial score (nSPS) is 16.8. The summed E-state index contributed by atoms with van der Waals surface area (Å²) in [5.41, 5.74) is -0.787. The summed E-state index contributed by atoms with van der Waals surface area (Å²) in [6.07, 6.45) is 3.78. The smallest absolute Gasteiger partial charge is 0.306 e. The summed E-state index contributed by atoms with van der Waals surface area (Å²) in [6.45, 7) is 14.4. The van der Waals surface area contributed by atoms with Crippen molar-refractivity contribution < 1.29 is 27.5 Å². The molecule has 0 amide bonds. The first-order valence-electron chi connectivity index (χ1n) is 10.6. The van der Waals surface area contributed by atoms with Crippen LogP contribution in [0.2, 0.25) is 0 Å². The van der Waals surface area contributed by atoms with E-state index in [4.69, 9.17) is 9.47 Å². The molecule has 0 bridgehead atoms. The Morgan fingerprint density at radius 2 is 1.18 bits per heavy atom. The number of sulfonamides is 1. The minimum atomic E-state index is -3.05. The van der Waals surface area contributed by atoms with E-state index < -0.39 is 15.6 Å². The van der Waals surface area contributed by atoms with E-state index in [9.17, 15) is 18.0 Å². The molecule has 2 heterocycles. The van der Waals surface area contributed by atoms with E-state index >= 15 is 0 Å². The summed E-state index contributed by atoms with van der Waals surface area (Å²) in [5.74, 6) is 0.694. The molecule has 0 aliphatic carbocycles. The predicted octanol–water partition coefficient (Wildman–Crippen LogP) is 4.24. The van der Waals surface area contributed by atoms with Crippen molar-refractivity contribution in [2.45, 2.75) is 101 Å². The molecule has 2 rings (SSSR count). The van der Waals surface area contributed by atoms with Gasteiger partial charge in [-0.25, -0.2) is 12.7 Å². The van der Waals surface area contributed by atoms with Crippen LogP contribution in [0, 0.1) is 11.8 Å². The monoisotopic (exact) mass is 496 g/mol. The minimum absolute atomic E-state index is 0. The molecule has 2 aliphatic heterocycles. The Labute approximate surface area is 204 Å². The van der Waals surface area contributed by atoms with E-state index in [-0.39, 0.29) is 45.7 Å². The van der Waals surface area contributed by atoms with Crippen molar-refractivity contribution in [1.29, 1.82) is 0 Å². The van der Waals surface area contributed by atoms with Gasteiger partial charge in [-0.05, 0) is 79.3 Å². The summed E-state index contributed by atoms with van der Waals surface area (Å²) in [6, 6.07) is 0. The van der Waals surface area contributed by atoms with Crippen LogP contribution in [-0.2, 0) is 29.1 Å². The van der Waals surface area contributed by atoms with Crippen molar-refractivity contribution in [3.05, 3.63) is 0 Å². The van der Waals surface area contributed by atoms with Gasteiger partial charge in [0.15, 0.2) is 0 Å². The fraction of sp³-hybridized carbons (Fsp3) is 0.917. The Bertz CT molecular complexity index is 670. The Morgan fingerprint density at radius 3 is 1.45 bits per heavy atom. The molecule has 0 saturated carbocycles. The quantitative estimate of drug-likeness (QED) is 0.526. The molecule has 33 heavy (non-hydrogen) atoms. The molecule has 0 aromatic rings. The van der Waals surface area contributed by atoms with Gasteiger partial charge >= 0.3 is 11.9 Å². The van der Waals surface area contributed by atoms with Crippen molar-refractivity contribution in [3.63, 3.8) is 0 Å². The Morgan fingerprint density at radius 1 is 0.818 bits per heavy atom. The lowest BCUT2D eigenvalue weighted by Gasteiger charge is -2.37. The van der Waals surface area contributed by atoms with Crippen LogP contribution in [0.1, 0.15) is 89.5 Å². The topological polar surface area (TPSA) is 102 Å². The highest BCUT2D eigenvalue weighted by Gasteiger charge is 2.33. The summed E-state index contributed by atoms with van der Waals surface area (Å²) >= 11 is 0. The molecule has 8 nitrogen and oxygen atoms in total. The van der Waals surface area contributed by atoms with Crippen molar-refractivity contribution >= 4 is 22.0 Å². The van der Waals surface area contributed by atoms with E-state index in [1.54, 1.807) is 0 Å². The molecule has 0 aromatic carbocycles. The first kappa shape index (κ1) is 36.4. The molecular formula is C24H52N2O6S. The molecule has 0 unspecified atom stereocenters. The number of hydrogen-bond donors (Lipinski definition) is 1. The van der Waals surface area contributed by atoms with Crippen LogP contribution in [-0.4, -0.2) is 68.3 Å². The SMILES string of the molecule is C.C.C.CC(C)(C)OC(=O)CCC1CN(S(C)(=O)=O)C1.CC(C)(C)OC(=O)CCC1CNC1. The lowest BCUT2D eigenvalue weighted by atomic mass is 9.97. The maximum absolute atomic E-state index is 11.4. The predicted molar refractivity (Wildman–Crippen MR) is 137 cm³/mol. The highest BCUT2D eigenvalue weighted by atomic mass is 32.2. The Kier molecular flexibility index (Phi) is 16.5. The molecule has 2 aliphatic rings. The second-order valence-corrected chi connectivity index (χ2v) is 12.2. The van der Waals surface area contributed by atoms with Gasteiger partial charge in [-0.3, -0.25) is 9.59 Å². The molecule has 0 radical (unpaired) electrons. The van der Waals surface area contributed by atoms with E-state index in [2.05, 4.69) is 5.32 Å². The number of nitrogens with zero attached hydrogens (tertiary/aromatic N) is 1. The fourth-order valence-corrected chi connectivity index (χ4v) is 3.92. The van der Waals surface area contributed by atoms with E-state index in [0.29, 0.717) is 38.3 Å². The highest BCUT2D eigenvalue weighted by Crippen LogP contribution is 2.23. The van der Waals surface area contributed by atoms with Gasteiger partial charge < -0.3 is 14.8 Å². The van der Waals surface area contributed by atoms with Gasteiger partial charge in [-0.15, -0.1) is 0 Å². The standard InChI is InChI=1S/C11H21NO4S.C10H19NO2.3CH4/c1-11(2,3)16-10(13)6-5-9-7-12(8-9)17(4,14)15;1-10(2,3)13-9(12)5-4-8-6-11-7-8;;;/h9H,5-8H2,1-4H3;8,11H,4-7H2,1-3H3;3*1H4. The third-order valence-corrected chi connectivity index (χ3v) is 5.85. The van der Waals surface area contributed by atoms with E-state index in [0.717, 1.165) is 19.5 Å². The van der Waals surface area contributed by atoms with Crippen LogP contribution < -0.4 is 5.32 Å². The molecular weight excluding hydrogens is 444 g/mol. The van der Waals surface area contributed by atoms with Crippen molar-refractivity contribution in [2.24, 2.45) is 11.8 Å². The Balaban J connectivity index is -0.000000514. The summed E-state index contributed by atoms with van der Waals surface area (Å²) in [7, 11) is -3.05. The first-order valence-corrected chi connectivity index (χ1v) is 12.5. The number of nitrogens with one attached hydrogen (secondary N) is 1. The van der Waals surface area contributed by atoms with E-state index in [1.165, 1.54) is 10.6 Å². The number of hydrogen-bond acceptors (Lipinski definition) is 7. The van der Waals surface area contributed by atoms with Crippen LogP contribution in [0.15, 0.2) is 0 Å². The third kappa shape index (κ3) is 17.0. The second-order valence-electron chi connectivity index (χ2n) is 10.2. The van der Waals surface area contributed by atoms with Crippen LogP contribution in [0.3, 0.4) is 0 Å². The van der Waals surface area contributed by atoms with Crippen LogP contribution in [0.25, 0.3) is 0 Å². The van der Waals surface area contributed by atoms with Crippen molar-refractivity contribution in [3.8, 4) is 0 Å². The fourth-order valence-electron chi connectivity index (χ4n) is 2.96. The number of carbonyl (C=O) groups is 2. The average molecular weight is 497 g/mol. The summed E-state index contributed by atoms with van der Waals surface area (Å²) in [4.78, 5) is 22.7. The summed E-state index contributed by atoms with van der Waals surface area (Å²) in [5, 5.41) is 3.18. The van der Waals surface area contributed by atoms with Gasteiger partial charge in [0, 0.05) is 25.9 Å². The largest absolute Gasteiger partial charge is 0.460 e. The number of rotatable bonds is 7. The van der Waals surface area contributed by atoms with Crippen molar-refractivity contribution in [1.82, 2.24) is 9.62 Å². The lowest BCUT2D eigenvalue weighted by molar-refractivity contribution is -0.156. The zero-order valence-electron chi connectivity index (χ0n) is 19.6. The molecule has 2 saturated heterocycles. The zero-order chi connectivity index (χ0) is 23.2. The molecule has 200 valence electrons. The van der Waals surface area contributed by atoms with Gasteiger partial charge in [0.05, 0.1) is 6.26 Å². The third-order valence-electron chi connectivity index (χ3n) is 4.61. The molecule has 0 atom stereocenters. The van der Waals surface area contributed by atoms with Crippen molar-refractivity contribution in [2.75, 3.05) is 32.4 Å². The lowest BCUT2D eigenvalue weighted by Crippen LogP contribution is -2.49. The van der Waals surface area contributed by atoms with E-state index in [1.807, 2.05) is 41.5 Å². The molecule has 0 spiro atoms.